The molecular formula is C13H13N5. The summed E-state index contributed by atoms with van der Waals surface area (Å²) >= 11 is 0. The molecule has 0 saturated heterocycles. The normalized spacial score (nSPS) is 9.78. The van der Waals surface area contributed by atoms with Crippen LogP contribution in [0, 0.1) is 11.3 Å². The monoisotopic (exact) mass is 239 g/mol. The van der Waals surface area contributed by atoms with Gasteiger partial charge in [0.15, 0.2) is 0 Å². The predicted octanol–water partition coefficient (Wildman–Crippen LogP) is 1.89. The van der Waals surface area contributed by atoms with E-state index in [4.69, 9.17) is 5.26 Å². The zero-order chi connectivity index (χ0) is 12.8. The summed E-state index contributed by atoms with van der Waals surface area (Å²) in [4.78, 5) is 14.4. The highest BCUT2D eigenvalue weighted by Crippen LogP contribution is 2.17. The third-order valence-electron chi connectivity index (χ3n) is 2.55. The van der Waals surface area contributed by atoms with Gasteiger partial charge in [0.1, 0.15) is 0 Å². The second kappa shape index (κ2) is 5.73. The van der Waals surface area contributed by atoms with E-state index in [0.717, 1.165) is 11.1 Å². The molecular weight excluding hydrogens is 226 g/mol. The highest BCUT2D eigenvalue weighted by molar-refractivity contribution is 5.61. The molecule has 0 fully saturated rings. The summed E-state index contributed by atoms with van der Waals surface area (Å²) in [6.45, 7) is 0.630. The molecule has 0 atom stereocenters. The summed E-state index contributed by atoms with van der Waals surface area (Å²) in [7, 11) is 1.87. The SMILES string of the molecule is CN(CCC#N)c1ncc(-c2ccncc2)cn1. The molecule has 5 nitrogen and oxygen atoms in total. The van der Waals surface area contributed by atoms with Gasteiger partial charge in [-0.25, -0.2) is 9.97 Å². The lowest BCUT2D eigenvalue weighted by Gasteiger charge is -2.14. The molecule has 0 aliphatic carbocycles. The molecule has 2 heterocycles. The maximum atomic E-state index is 8.53. The molecule has 0 aliphatic heterocycles. The quantitative estimate of drug-likeness (QED) is 0.815. The fraction of sp³-hybridized carbons (Fsp3) is 0.231. The molecule has 0 bridgehead atoms. The molecule has 0 unspecified atom stereocenters. The number of aromatic nitrogens is 3. The van der Waals surface area contributed by atoms with E-state index in [1.807, 2.05) is 24.1 Å². The lowest BCUT2D eigenvalue weighted by atomic mass is 10.1. The molecule has 0 saturated carbocycles. The number of hydrogen-bond acceptors (Lipinski definition) is 5. The molecule has 0 radical (unpaired) electrons. The smallest absolute Gasteiger partial charge is 0.225 e. The Balaban J connectivity index is 2.13. The van der Waals surface area contributed by atoms with Crippen molar-refractivity contribution in [3.63, 3.8) is 0 Å². The van der Waals surface area contributed by atoms with Crippen LogP contribution in [0.1, 0.15) is 6.42 Å². The van der Waals surface area contributed by atoms with E-state index in [9.17, 15) is 0 Å². The number of hydrogen-bond donors (Lipinski definition) is 0. The van der Waals surface area contributed by atoms with Crippen LogP contribution in [0.3, 0.4) is 0 Å². The minimum atomic E-state index is 0.464. The lowest BCUT2D eigenvalue weighted by molar-refractivity contribution is 0.859. The summed E-state index contributed by atoms with van der Waals surface area (Å²) in [6, 6.07) is 5.93. The molecule has 18 heavy (non-hydrogen) atoms. The third-order valence-corrected chi connectivity index (χ3v) is 2.55. The standard InChI is InChI=1S/C13H13N5/c1-18(8-2-5-14)13-16-9-12(10-17-13)11-3-6-15-7-4-11/h3-4,6-7,9-10H,2,8H2,1H3. The minimum Gasteiger partial charge on any atom is -0.343 e. The maximum Gasteiger partial charge on any atom is 0.225 e. The molecule has 5 heteroatoms. The van der Waals surface area contributed by atoms with Crippen molar-refractivity contribution < 1.29 is 0 Å². The van der Waals surface area contributed by atoms with Crippen LogP contribution in [-0.2, 0) is 0 Å². The van der Waals surface area contributed by atoms with Gasteiger partial charge in [0.25, 0.3) is 0 Å². The van der Waals surface area contributed by atoms with Crippen molar-refractivity contribution in [3.05, 3.63) is 36.9 Å². The first kappa shape index (κ1) is 12.0. The fourth-order valence-corrected chi connectivity index (χ4v) is 1.53. The van der Waals surface area contributed by atoms with E-state index in [2.05, 4.69) is 21.0 Å². The largest absolute Gasteiger partial charge is 0.343 e. The van der Waals surface area contributed by atoms with Gasteiger partial charge in [-0.05, 0) is 17.7 Å². The van der Waals surface area contributed by atoms with E-state index in [1.165, 1.54) is 0 Å². The Labute approximate surface area is 106 Å². The molecule has 0 aromatic carbocycles. The third kappa shape index (κ3) is 2.80. The summed E-state index contributed by atoms with van der Waals surface area (Å²) in [6.07, 6.45) is 7.50. The molecule has 90 valence electrons. The number of nitrogens with zero attached hydrogens (tertiary/aromatic N) is 5. The van der Waals surface area contributed by atoms with E-state index >= 15 is 0 Å². The van der Waals surface area contributed by atoms with Gasteiger partial charge in [0.05, 0.1) is 12.5 Å². The first-order chi connectivity index (χ1) is 8.81. The Kier molecular flexibility index (Phi) is 3.82. The molecule has 0 spiro atoms. The van der Waals surface area contributed by atoms with Crippen molar-refractivity contribution in [3.8, 4) is 17.2 Å². The van der Waals surface area contributed by atoms with Crippen LogP contribution in [0.4, 0.5) is 5.95 Å². The molecule has 0 aliphatic rings. The molecule has 2 rings (SSSR count). The van der Waals surface area contributed by atoms with Crippen LogP contribution in [0.2, 0.25) is 0 Å². The van der Waals surface area contributed by atoms with E-state index in [-0.39, 0.29) is 0 Å². The van der Waals surface area contributed by atoms with Gasteiger partial charge in [-0.3, -0.25) is 4.98 Å². The van der Waals surface area contributed by atoms with Gasteiger partial charge in [-0.1, -0.05) is 0 Å². The van der Waals surface area contributed by atoms with E-state index < -0.39 is 0 Å². The number of anilines is 1. The highest BCUT2D eigenvalue weighted by atomic mass is 15.2. The molecule has 0 N–H and O–H groups in total. The van der Waals surface area contributed by atoms with Crippen LogP contribution in [0.5, 0.6) is 0 Å². The average Bonchev–Trinajstić information content (AvgIpc) is 2.46. The van der Waals surface area contributed by atoms with Gasteiger partial charge in [-0.15, -0.1) is 0 Å². The molecule has 2 aromatic rings. The first-order valence-corrected chi connectivity index (χ1v) is 5.62. The summed E-state index contributed by atoms with van der Waals surface area (Å²) < 4.78 is 0. The predicted molar refractivity (Wildman–Crippen MR) is 68.8 cm³/mol. The first-order valence-electron chi connectivity index (χ1n) is 5.62. The minimum absolute atomic E-state index is 0.464. The number of pyridine rings is 1. The van der Waals surface area contributed by atoms with Crippen molar-refractivity contribution in [1.29, 1.82) is 5.26 Å². The summed E-state index contributed by atoms with van der Waals surface area (Å²) in [5.41, 5.74) is 1.99. The van der Waals surface area contributed by atoms with Crippen molar-refractivity contribution in [2.75, 3.05) is 18.5 Å². The Morgan fingerprint density at radius 1 is 1.17 bits per heavy atom. The zero-order valence-electron chi connectivity index (χ0n) is 10.1. The summed E-state index contributed by atoms with van der Waals surface area (Å²) in [5, 5.41) is 8.53. The molecule has 2 aromatic heterocycles. The average molecular weight is 239 g/mol. The Morgan fingerprint density at radius 3 is 2.44 bits per heavy atom. The van der Waals surface area contributed by atoms with Gasteiger partial charge < -0.3 is 4.90 Å². The van der Waals surface area contributed by atoms with Crippen LogP contribution in [0.15, 0.2) is 36.9 Å². The van der Waals surface area contributed by atoms with Crippen molar-refractivity contribution in [1.82, 2.24) is 15.0 Å². The second-order valence-corrected chi connectivity index (χ2v) is 3.84. The fourth-order valence-electron chi connectivity index (χ4n) is 1.53. The Bertz CT molecular complexity index is 530. The second-order valence-electron chi connectivity index (χ2n) is 3.84. The lowest BCUT2D eigenvalue weighted by Crippen LogP contribution is -2.20. The van der Waals surface area contributed by atoms with Gasteiger partial charge in [0, 0.05) is 43.9 Å². The van der Waals surface area contributed by atoms with Crippen molar-refractivity contribution >= 4 is 5.95 Å². The van der Waals surface area contributed by atoms with Crippen LogP contribution >= 0.6 is 0 Å². The maximum absolute atomic E-state index is 8.53. The van der Waals surface area contributed by atoms with Crippen LogP contribution < -0.4 is 4.90 Å². The van der Waals surface area contributed by atoms with Crippen LogP contribution in [-0.4, -0.2) is 28.5 Å². The Morgan fingerprint density at radius 2 is 1.83 bits per heavy atom. The highest BCUT2D eigenvalue weighted by Gasteiger charge is 2.04. The van der Waals surface area contributed by atoms with E-state index in [0.29, 0.717) is 18.9 Å². The van der Waals surface area contributed by atoms with Crippen molar-refractivity contribution in [2.45, 2.75) is 6.42 Å². The number of rotatable bonds is 4. The van der Waals surface area contributed by atoms with Gasteiger partial charge in [0.2, 0.25) is 5.95 Å². The van der Waals surface area contributed by atoms with Gasteiger partial charge >= 0.3 is 0 Å². The zero-order valence-corrected chi connectivity index (χ0v) is 10.1. The summed E-state index contributed by atoms with van der Waals surface area (Å²) in [5.74, 6) is 0.628. The topological polar surface area (TPSA) is 65.7 Å². The van der Waals surface area contributed by atoms with Gasteiger partial charge in [-0.2, -0.15) is 5.26 Å². The van der Waals surface area contributed by atoms with E-state index in [1.54, 1.807) is 24.8 Å². The molecule has 0 amide bonds. The van der Waals surface area contributed by atoms with Crippen LogP contribution in [0.25, 0.3) is 11.1 Å². The Hall–Kier alpha value is -2.48. The van der Waals surface area contributed by atoms with Crippen molar-refractivity contribution in [2.24, 2.45) is 0 Å². The number of nitriles is 1.